The molecule has 0 unspecified atom stereocenters. The molecule has 35 nitrogen and oxygen atoms in total. The van der Waals surface area contributed by atoms with Crippen molar-refractivity contribution >= 4 is 83.2 Å². The Morgan fingerprint density at radius 1 is 0.640 bits per heavy atom. The summed E-state index contributed by atoms with van der Waals surface area (Å²) in [7, 11) is 0. The number of nitrogens with one attached hydrogen (secondary N) is 11. The summed E-state index contributed by atoms with van der Waals surface area (Å²) >= 11 is 1.48. The maximum Gasteiger partial charge on any atom is 0.248 e. The normalized spacial score (nSPS) is 24.0. The van der Waals surface area contributed by atoms with E-state index in [2.05, 4.69) is 79.3 Å². The van der Waals surface area contributed by atoms with Gasteiger partial charge in [-0.1, -0.05) is 122 Å². The number of rotatable bonds is 43. The van der Waals surface area contributed by atoms with Crippen LogP contribution in [-0.4, -0.2) is 277 Å². The van der Waals surface area contributed by atoms with Crippen LogP contribution in [0.15, 0.2) is 54.6 Å². The maximum atomic E-state index is 15.0. The molecule has 0 saturated carbocycles. The van der Waals surface area contributed by atoms with E-state index in [4.69, 9.17) is 11.5 Å². The Labute approximate surface area is 671 Å². The van der Waals surface area contributed by atoms with E-state index in [9.17, 15) is 93.6 Å². The number of carbonyl (C=O) groups excluding carboxylic acids is 12. The Bertz CT molecular complexity index is 3390. The van der Waals surface area contributed by atoms with Crippen LogP contribution in [0.5, 0.6) is 5.75 Å². The molecule has 20 atom stereocenters. The Kier molecular flexibility index (Phi) is 42.0. The molecule has 640 valence electrons. The van der Waals surface area contributed by atoms with Crippen LogP contribution >= 0.6 is 11.8 Å². The molecule has 5 rings (SSSR count). The van der Waals surface area contributed by atoms with E-state index in [1.165, 1.54) is 23.9 Å². The number of fused-ring (bicyclic) bond motifs is 2. The molecule has 12 amide bonds. The minimum atomic E-state index is -2.35. The summed E-state index contributed by atoms with van der Waals surface area (Å²) in [6.07, 6.45) is -5.98. The first-order valence-electron chi connectivity index (χ1n) is 40.0. The van der Waals surface area contributed by atoms with Gasteiger partial charge in [0.05, 0.1) is 36.6 Å². The summed E-state index contributed by atoms with van der Waals surface area (Å²) in [5.74, 6) is -9.14. The van der Waals surface area contributed by atoms with Crippen molar-refractivity contribution in [3.8, 4) is 5.75 Å². The lowest BCUT2D eigenvalue weighted by Crippen LogP contribution is -2.65. The van der Waals surface area contributed by atoms with Gasteiger partial charge in [0.25, 0.3) is 0 Å². The predicted molar refractivity (Wildman–Crippen MR) is 424 cm³/mol. The summed E-state index contributed by atoms with van der Waals surface area (Å²) < 4.78 is 0. The second-order valence-corrected chi connectivity index (χ2v) is 31.9. The number of phenolic OH excluding ortho intramolecular Hbond substituents is 1. The molecule has 23 N–H and O–H groups in total. The van der Waals surface area contributed by atoms with Crippen LogP contribution in [0.4, 0.5) is 0 Å². The number of hydrogen-bond donors (Lipinski definition) is 21. The van der Waals surface area contributed by atoms with Crippen molar-refractivity contribution in [2.75, 3.05) is 51.3 Å². The third-order valence-electron chi connectivity index (χ3n) is 21.0. The summed E-state index contributed by atoms with van der Waals surface area (Å²) in [6.45, 7) is 9.57. The summed E-state index contributed by atoms with van der Waals surface area (Å²) in [5, 5.41) is 120. The van der Waals surface area contributed by atoms with Crippen LogP contribution in [0.25, 0.3) is 0 Å². The zero-order chi connectivity index (χ0) is 84.3. The van der Waals surface area contributed by atoms with Gasteiger partial charge in [-0.2, -0.15) is 11.8 Å². The first-order valence-corrected chi connectivity index (χ1v) is 41.4. The van der Waals surface area contributed by atoms with Gasteiger partial charge in [-0.3, -0.25) is 62.9 Å². The molecule has 0 bridgehead atoms. The Morgan fingerprint density at radius 3 is 1.92 bits per heavy atom. The second kappa shape index (κ2) is 49.7. The molecule has 0 aliphatic carbocycles. The van der Waals surface area contributed by atoms with Crippen molar-refractivity contribution in [2.45, 2.75) is 273 Å². The Hall–Kier alpha value is -8.17. The summed E-state index contributed by atoms with van der Waals surface area (Å²) in [5.41, 5.74) is 12.8. The van der Waals surface area contributed by atoms with E-state index in [-0.39, 0.29) is 81.9 Å². The fourth-order valence-electron chi connectivity index (χ4n) is 14.3. The number of unbranched alkanes of at least 4 members (excludes halogenated alkanes) is 5. The van der Waals surface area contributed by atoms with Gasteiger partial charge in [-0.15, -0.1) is 0 Å². The van der Waals surface area contributed by atoms with Crippen molar-refractivity contribution in [3.63, 3.8) is 0 Å². The number of phenols is 1. The quantitative estimate of drug-likeness (QED) is 0.0235. The number of hydrogen-bond acceptors (Lipinski definition) is 24. The highest BCUT2D eigenvalue weighted by molar-refractivity contribution is 7.98. The highest BCUT2D eigenvalue weighted by atomic mass is 32.2. The maximum absolute atomic E-state index is 15.0. The molecule has 3 aliphatic heterocycles. The predicted octanol–water partition coefficient (Wildman–Crippen LogP) is -2.80. The fourth-order valence-corrected chi connectivity index (χ4v) is 14.7. The monoisotopic (exact) mass is 1630 g/mol. The molecule has 0 spiro atoms. The number of thioether (sulfide) groups is 1. The molecule has 0 radical (unpaired) electrons. The number of aromatic hydroxyl groups is 1. The lowest BCUT2D eigenvalue weighted by atomic mass is 9.91. The molecular weight excluding hydrogens is 1500 g/mol. The van der Waals surface area contributed by atoms with Gasteiger partial charge in [0, 0.05) is 58.4 Å². The van der Waals surface area contributed by atoms with Crippen LogP contribution in [0, 0.1) is 17.8 Å². The van der Waals surface area contributed by atoms with Gasteiger partial charge in [-0.05, 0) is 118 Å². The lowest BCUT2D eigenvalue weighted by Gasteiger charge is -2.35. The van der Waals surface area contributed by atoms with Gasteiger partial charge in [0.1, 0.15) is 78.5 Å². The molecule has 114 heavy (non-hydrogen) atoms. The van der Waals surface area contributed by atoms with Crippen molar-refractivity contribution < 1.29 is 98.4 Å². The van der Waals surface area contributed by atoms with E-state index in [0.717, 1.165) is 73.8 Å². The molecule has 2 aromatic carbocycles. The third kappa shape index (κ3) is 31.1. The van der Waals surface area contributed by atoms with Crippen LogP contribution in [0.2, 0.25) is 0 Å². The van der Waals surface area contributed by atoms with Crippen LogP contribution in [-0.2, 0) is 64.0 Å². The van der Waals surface area contributed by atoms with Gasteiger partial charge < -0.3 is 115 Å². The molecule has 3 fully saturated rings. The SMILES string of the molecule is CC[C@H](C)C[C@H](C)CCCCCCCCC(=O)N[C@H]1C[C@@H](O)[C@@H](NCCNC(=O)[C@@H](N)CCCNC(=O)[C@H](Cc2ccccc2)NC(=O)[C@H](CC(C)C)NC(=O)[C@H](CCSC)NC=O)NC(=O)[C@@H]2[C@@H](O)CCN2C(=O)[C@H]([C@H](O)CCN)NC(=O)[C@H]([C@H](O)[C@@H](O)c2ccc(O)cc2)NC(=O)[C@@H]2C[C@@H](O)CN2C(=O)[C@H]([C@@H](C)O)NC1=O. The van der Waals surface area contributed by atoms with Crippen molar-refractivity contribution in [1.82, 2.24) is 68.3 Å². The minimum absolute atomic E-state index is 0.00543. The van der Waals surface area contributed by atoms with E-state index < -0.39 is 207 Å². The largest absolute Gasteiger partial charge is 0.508 e. The summed E-state index contributed by atoms with van der Waals surface area (Å²) in [4.78, 5) is 171. The molecule has 3 heterocycles. The minimum Gasteiger partial charge on any atom is -0.508 e. The molecule has 2 aromatic rings. The van der Waals surface area contributed by atoms with Crippen LogP contribution in [0.1, 0.15) is 174 Å². The average molecular weight is 1630 g/mol. The van der Waals surface area contributed by atoms with Crippen molar-refractivity contribution in [2.24, 2.45) is 29.2 Å². The number of aliphatic hydroxyl groups excluding tert-OH is 7. The summed E-state index contributed by atoms with van der Waals surface area (Å²) in [6, 6.07) is -2.61. The van der Waals surface area contributed by atoms with E-state index in [1.807, 2.05) is 20.1 Å². The van der Waals surface area contributed by atoms with E-state index >= 15 is 4.79 Å². The average Bonchev–Trinajstić information content (AvgIpc) is 1.61. The third-order valence-corrected chi connectivity index (χ3v) is 21.6. The number of carbonyl (C=O) groups is 12. The van der Waals surface area contributed by atoms with Gasteiger partial charge in [0.2, 0.25) is 71.4 Å². The van der Waals surface area contributed by atoms with E-state index in [1.54, 1.807) is 30.3 Å². The van der Waals surface area contributed by atoms with Crippen molar-refractivity contribution in [3.05, 3.63) is 65.7 Å². The van der Waals surface area contributed by atoms with Crippen LogP contribution in [0.3, 0.4) is 0 Å². The molecule has 0 aromatic heterocycles. The number of benzene rings is 2. The molecular formula is C78H127N15O20S. The second-order valence-electron chi connectivity index (χ2n) is 30.9. The topological polar surface area (TPSA) is 558 Å². The highest BCUT2D eigenvalue weighted by Crippen LogP contribution is 2.28. The number of nitrogens with two attached hydrogens (primary N) is 2. The van der Waals surface area contributed by atoms with Gasteiger partial charge in [-0.25, -0.2) is 0 Å². The molecule has 36 heteroatoms. The van der Waals surface area contributed by atoms with Gasteiger partial charge in [0.15, 0.2) is 0 Å². The van der Waals surface area contributed by atoms with Gasteiger partial charge >= 0.3 is 0 Å². The standard InChI is InChI=1S/C78H127N15O20S/c1-8-45(4)38-46(5)19-14-11-9-10-12-17-23-61(101)85-56-41-60(100)68(81-33-34-83-69(104)52(80)22-18-32-82-70(105)55(39-48-20-15-13-16-21-48)87-72(107)54(37-44(2)3)86-71(106)53(84-43-94)30-36-114-7)91-76(111)65-59(99)29-35-92(65)78(113)63(58(98)28-31-79)89-75(110)64(67(103)66(102)49-24-26-50(96)27-25-49)90-74(109)57-40-51(97)42-93(57)77(112)62(47(6)95)88-73(56)108/h13,15-16,20-21,24-27,43-47,51-60,62-68,81,95-100,102-103H,8-12,14,17-19,22-23,28-42,79-80H2,1-7H3,(H,82,105)(H,83,104)(H,84,94)(H,85,101)(H,86,106)(H,87,107)(H,88,108)(H,89,110)(H,90,109)(H,91,111)/t45-,46+,47+,51+,52-,53-,54-,55-,56-,57-,58+,59-,60+,62-,63-,64-,65-,66-,67-,68-/m0/s1. The Balaban J connectivity index is 1.43. The first kappa shape index (κ1) is 96.4. The zero-order valence-corrected chi connectivity index (χ0v) is 67.5. The first-order chi connectivity index (χ1) is 54.2. The smallest absolute Gasteiger partial charge is 0.248 e. The van der Waals surface area contributed by atoms with Crippen LogP contribution < -0.4 is 70.0 Å². The zero-order valence-electron chi connectivity index (χ0n) is 66.7. The number of nitrogens with zero attached hydrogens (tertiary/aromatic N) is 2. The Morgan fingerprint density at radius 2 is 1.27 bits per heavy atom. The highest BCUT2D eigenvalue weighted by Gasteiger charge is 2.49. The fraction of sp³-hybridized carbons (Fsp3) is 0.692. The number of amides is 12. The van der Waals surface area contributed by atoms with Crippen molar-refractivity contribution in [1.29, 1.82) is 0 Å². The molecule has 3 aliphatic rings. The lowest BCUT2D eigenvalue weighted by molar-refractivity contribution is -0.148. The van der Waals surface area contributed by atoms with E-state index in [0.29, 0.717) is 48.8 Å². The molecule has 3 saturated heterocycles. The number of aliphatic hydroxyl groups is 7.